The summed E-state index contributed by atoms with van der Waals surface area (Å²) in [4.78, 5) is 33.4. The van der Waals surface area contributed by atoms with Gasteiger partial charge in [0.15, 0.2) is 5.78 Å². The molecular formula is C13H14O5. The van der Waals surface area contributed by atoms with Gasteiger partial charge in [0.05, 0.1) is 0 Å². The van der Waals surface area contributed by atoms with Gasteiger partial charge in [-0.05, 0) is 6.92 Å². The van der Waals surface area contributed by atoms with Crippen molar-refractivity contribution in [2.45, 2.75) is 27.1 Å². The molecule has 0 aliphatic rings. The van der Waals surface area contributed by atoms with Gasteiger partial charge in [-0.25, -0.2) is 0 Å². The zero-order chi connectivity index (χ0) is 13.7. The molecule has 0 saturated carbocycles. The Bertz CT molecular complexity index is 462. The normalized spacial score (nSPS) is 10.0. The van der Waals surface area contributed by atoms with Crippen LogP contribution in [0.4, 0.5) is 0 Å². The standard InChI is InChI=1S/C13H14O5/c1-8(14)11-6-4-5-7-12(11)13(17-9(2)15)18-10(3)16/h4-7,13H,1-3H3. The molecule has 5 nitrogen and oxygen atoms in total. The quantitative estimate of drug-likeness (QED) is 0.464. The highest BCUT2D eigenvalue weighted by Crippen LogP contribution is 2.23. The van der Waals surface area contributed by atoms with Crippen LogP contribution < -0.4 is 0 Å². The molecule has 0 aliphatic carbocycles. The zero-order valence-electron chi connectivity index (χ0n) is 10.4. The first-order valence-electron chi connectivity index (χ1n) is 5.36. The average molecular weight is 250 g/mol. The topological polar surface area (TPSA) is 69.7 Å². The average Bonchev–Trinajstić information content (AvgIpc) is 2.26. The minimum atomic E-state index is -1.19. The van der Waals surface area contributed by atoms with E-state index < -0.39 is 18.2 Å². The smallest absolute Gasteiger partial charge is 0.305 e. The molecule has 0 aliphatic heterocycles. The van der Waals surface area contributed by atoms with Crippen LogP contribution in [0.3, 0.4) is 0 Å². The summed E-state index contributed by atoms with van der Waals surface area (Å²) in [6, 6.07) is 6.51. The molecule has 0 radical (unpaired) electrons. The number of hydrogen-bond acceptors (Lipinski definition) is 5. The summed E-state index contributed by atoms with van der Waals surface area (Å²) in [6.45, 7) is 3.79. The van der Waals surface area contributed by atoms with Gasteiger partial charge in [0, 0.05) is 25.0 Å². The Hall–Kier alpha value is -2.17. The highest BCUT2D eigenvalue weighted by molar-refractivity contribution is 5.95. The van der Waals surface area contributed by atoms with Gasteiger partial charge in [0.2, 0.25) is 0 Å². The molecule has 18 heavy (non-hydrogen) atoms. The van der Waals surface area contributed by atoms with E-state index in [1.54, 1.807) is 24.3 Å². The van der Waals surface area contributed by atoms with Crippen molar-refractivity contribution in [3.63, 3.8) is 0 Å². The second kappa shape index (κ2) is 5.95. The summed E-state index contributed by atoms with van der Waals surface area (Å²) < 4.78 is 9.81. The molecule has 5 heteroatoms. The molecule has 0 bridgehead atoms. The molecule has 0 saturated heterocycles. The molecular weight excluding hydrogens is 236 g/mol. The number of carbonyl (C=O) groups excluding carboxylic acids is 3. The summed E-state index contributed by atoms with van der Waals surface area (Å²) >= 11 is 0. The van der Waals surface area contributed by atoms with Crippen LogP contribution >= 0.6 is 0 Å². The predicted octanol–water partition coefficient (Wildman–Crippen LogP) is 2.01. The van der Waals surface area contributed by atoms with Crippen molar-refractivity contribution < 1.29 is 23.9 Å². The van der Waals surface area contributed by atoms with E-state index in [1.807, 2.05) is 0 Å². The van der Waals surface area contributed by atoms with Crippen LogP contribution in [0.5, 0.6) is 0 Å². The molecule has 0 spiro atoms. The summed E-state index contributed by atoms with van der Waals surface area (Å²) in [7, 11) is 0. The van der Waals surface area contributed by atoms with E-state index in [2.05, 4.69) is 0 Å². The monoisotopic (exact) mass is 250 g/mol. The van der Waals surface area contributed by atoms with Crippen LogP contribution in [0.2, 0.25) is 0 Å². The van der Waals surface area contributed by atoms with Gasteiger partial charge < -0.3 is 9.47 Å². The Labute approximate surface area is 105 Å². The fourth-order valence-electron chi connectivity index (χ4n) is 1.48. The third-order valence-corrected chi connectivity index (χ3v) is 2.14. The first-order valence-corrected chi connectivity index (χ1v) is 5.36. The Kier molecular flexibility index (Phi) is 4.59. The number of rotatable bonds is 4. The lowest BCUT2D eigenvalue weighted by Crippen LogP contribution is -2.17. The molecule has 96 valence electrons. The second-order valence-corrected chi connectivity index (χ2v) is 3.69. The molecule has 1 aromatic rings. The summed E-state index contributed by atoms with van der Waals surface area (Å²) in [5.74, 6) is -1.39. The lowest BCUT2D eigenvalue weighted by atomic mass is 10.0. The third kappa shape index (κ3) is 3.69. The Morgan fingerprint density at radius 3 is 1.89 bits per heavy atom. The summed E-state index contributed by atoms with van der Waals surface area (Å²) in [5.41, 5.74) is 0.709. The van der Waals surface area contributed by atoms with Gasteiger partial charge in [0.1, 0.15) is 0 Å². The summed E-state index contributed by atoms with van der Waals surface area (Å²) in [5, 5.41) is 0. The maximum Gasteiger partial charge on any atom is 0.305 e. The van der Waals surface area contributed by atoms with Crippen molar-refractivity contribution in [3.8, 4) is 0 Å². The van der Waals surface area contributed by atoms with Crippen LogP contribution in [-0.4, -0.2) is 17.7 Å². The molecule has 1 aromatic carbocycles. The molecule has 0 aromatic heterocycles. The van der Waals surface area contributed by atoms with Gasteiger partial charge in [-0.1, -0.05) is 24.3 Å². The van der Waals surface area contributed by atoms with Gasteiger partial charge in [-0.3, -0.25) is 14.4 Å². The van der Waals surface area contributed by atoms with Crippen molar-refractivity contribution in [1.82, 2.24) is 0 Å². The lowest BCUT2D eigenvalue weighted by molar-refractivity contribution is -0.186. The molecule has 1 rings (SSSR count). The minimum Gasteiger partial charge on any atom is -0.421 e. The molecule has 0 heterocycles. The number of ketones is 1. The molecule has 0 amide bonds. The van der Waals surface area contributed by atoms with E-state index in [-0.39, 0.29) is 5.78 Å². The van der Waals surface area contributed by atoms with E-state index in [4.69, 9.17) is 9.47 Å². The maximum absolute atomic E-state index is 11.5. The van der Waals surface area contributed by atoms with Gasteiger partial charge in [-0.15, -0.1) is 0 Å². The number of carbonyl (C=O) groups is 3. The Balaban J connectivity index is 3.15. The summed E-state index contributed by atoms with van der Waals surface area (Å²) in [6.07, 6.45) is -1.19. The van der Waals surface area contributed by atoms with E-state index in [9.17, 15) is 14.4 Å². The first kappa shape index (κ1) is 13.9. The minimum absolute atomic E-state index is 0.199. The predicted molar refractivity (Wildman–Crippen MR) is 62.7 cm³/mol. The molecule has 0 N–H and O–H groups in total. The SMILES string of the molecule is CC(=O)OC(OC(C)=O)c1ccccc1C(C)=O. The van der Waals surface area contributed by atoms with Crippen molar-refractivity contribution in [2.75, 3.05) is 0 Å². The third-order valence-electron chi connectivity index (χ3n) is 2.14. The lowest BCUT2D eigenvalue weighted by Gasteiger charge is -2.18. The second-order valence-electron chi connectivity index (χ2n) is 3.69. The van der Waals surface area contributed by atoms with Crippen LogP contribution in [0.15, 0.2) is 24.3 Å². The zero-order valence-corrected chi connectivity index (χ0v) is 10.4. The van der Waals surface area contributed by atoms with Crippen LogP contribution in [0.1, 0.15) is 43.0 Å². The van der Waals surface area contributed by atoms with Crippen LogP contribution in [0, 0.1) is 0 Å². The molecule has 0 atom stereocenters. The van der Waals surface area contributed by atoms with E-state index in [0.29, 0.717) is 11.1 Å². The molecule has 0 unspecified atom stereocenters. The Morgan fingerprint density at radius 1 is 0.944 bits per heavy atom. The van der Waals surface area contributed by atoms with Gasteiger partial charge >= 0.3 is 11.9 Å². The number of ether oxygens (including phenoxy) is 2. The molecule has 0 fully saturated rings. The fourth-order valence-corrected chi connectivity index (χ4v) is 1.48. The Morgan fingerprint density at radius 2 is 1.44 bits per heavy atom. The van der Waals surface area contributed by atoms with E-state index in [0.717, 1.165) is 0 Å². The van der Waals surface area contributed by atoms with Crippen molar-refractivity contribution in [2.24, 2.45) is 0 Å². The number of esters is 2. The maximum atomic E-state index is 11.5. The van der Waals surface area contributed by atoms with Gasteiger partial charge in [-0.2, -0.15) is 0 Å². The van der Waals surface area contributed by atoms with Crippen molar-refractivity contribution >= 4 is 17.7 Å². The van der Waals surface area contributed by atoms with Crippen molar-refractivity contribution in [3.05, 3.63) is 35.4 Å². The van der Waals surface area contributed by atoms with Crippen LogP contribution in [-0.2, 0) is 19.1 Å². The highest BCUT2D eigenvalue weighted by atomic mass is 16.7. The van der Waals surface area contributed by atoms with Gasteiger partial charge in [0.25, 0.3) is 6.29 Å². The first-order chi connectivity index (χ1) is 8.41. The number of benzene rings is 1. The highest BCUT2D eigenvalue weighted by Gasteiger charge is 2.22. The van der Waals surface area contributed by atoms with Crippen molar-refractivity contribution in [1.29, 1.82) is 0 Å². The fraction of sp³-hybridized carbons (Fsp3) is 0.308. The number of hydrogen-bond donors (Lipinski definition) is 0. The van der Waals surface area contributed by atoms with E-state index in [1.165, 1.54) is 20.8 Å². The number of Topliss-reactive ketones (excluding diaryl/α,β-unsaturated/α-hetero) is 1. The van der Waals surface area contributed by atoms with Crippen LogP contribution in [0.25, 0.3) is 0 Å². The largest absolute Gasteiger partial charge is 0.421 e. The van der Waals surface area contributed by atoms with E-state index >= 15 is 0 Å².